The molecule has 0 saturated carbocycles. The molecule has 2 atom stereocenters. The molecule has 0 heterocycles. The van der Waals surface area contributed by atoms with Gasteiger partial charge in [0.05, 0.1) is 24.5 Å². The van der Waals surface area contributed by atoms with E-state index < -0.39 is 34.7 Å². The number of hydrogen-bond donors (Lipinski definition) is 3. The number of esters is 2. The Kier molecular flexibility index (Phi) is 13.9. The molecule has 0 fully saturated rings. The van der Waals surface area contributed by atoms with E-state index in [1.807, 2.05) is 49.4 Å². The van der Waals surface area contributed by atoms with Crippen molar-refractivity contribution in [3.8, 4) is 0 Å². The molecule has 0 aromatic heterocycles. The molecule has 4 rings (SSSR count). The fraction of sp³-hybridized carbons (Fsp3) is 0.357. The summed E-state index contributed by atoms with van der Waals surface area (Å²) in [6, 6.07) is 24.4. The van der Waals surface area contributed by atoms with E-state index in [1.54, 1.807) is 51.1 Å². The van der Waals surface area contributed by atoms with Gasteiger partial charge in [-0.05, 0) is 110 Å². The number of nitrogens with one attached hydrogen (secondary N) is 3. The summed E-state index contributed by atoms with van der Waals surface area (Å²) < 4.78 is 15.4. The Bertz CT molecular complexity index is 1920. The summed E-state index contributed by atoms with van der Waals surface area (Å²) in [5.41, 5.74) is -0.0940. The Morgan fingerprint density at radius 1 is 0.792 bits per heavy atom. The molecule has 0 bridgehead atoms. The Morgan fingerprint density at radius 3 is 2.00 bits per heavy atom. The van der Waals surface area contributed by atoms with Crippen LogP contribution in [0.15, 0.2) is 84.9 Å². The maximum atomic E-state index is 13.3. The van der Waals surface area contributed by atoms with Gasteiger partial charge < -0.3 is 30.2 Å². The molecule has 11 nitrogen and oxygen atoms in total. The summed E-state index contributed by atoms with van der Waals surface area (Å²) in [5.74, 6) is -2.21. The van der Waals surface area contributed by atoms with Crippen LogP contribution in [0.1, 0.15) is 62.9 Å². The lowest BCUT2D eigenvalue weighted by Gasteiger charge is -2.33. The number of methoxy groups -OCH3 is 2. The quantitative estimate of drug-likeness (QED) is 0.0257. The van der Waals surface area contributed by atoms with Gasteiger partial charge in [-0.2, -0.15) is 0 Å². The maximum absolute atomic E-state index is 13.3. The molecular weight excluding hydrogens is 674 g/mol. The standard InChI is InChI=1S/C42H49N3O8/c1-7-42(4,26-31(37(47)44-27-51-5)25-41(2,3)38(48)52-6)39(49)53-23-22-43-40(50)45-32-18-16-28(17-19-32)36(46)21-20-35-33-14-10-8-12-29(33)24-30-13-9-11-15-34(30)35/h8-21,24,31H,7,22-23,25-27H2,1-6H3,(H,44,47)(H2,43,45,50)/b21-20+. The second-order valence-corrected chi connectivity index (χ2v) is 13.9. The predicted octanol–water partition coefficient (Wildman–Crippen LogP) is 7.29. The number of urea groups is 1. The van der Waals surface area contributed by atoms with Crippen LogP contribution in [0.2, 0.25) is 0 Å². The van der Waals surface area contributed by atoms with Crippen molar-refractivity contribution < 1.29 is 38.2 Å². The minimum absolute atomic E-state index is 0.0149. The maximum Gasteiger partial charge on any atom is 0.319 e. The van der Waals surface area contributed by atoms with Crippen LogP contribution in [-0.2, 0) is 28.6 Å². The van der Waals surface area contributed by atoms with Crippen molar-refractivity contribution in [2.24, 2.45) is 16.7 Å². The summed E-state index contributed by atoms with van der Waals surface area (Å²) in [4.78, 5) is 64.4. The number of fused-ring (bicyclic) bond motifs is 2. The fourth-order valence-corrected chi connectivity index (χ4v) is 6.30. The predicted molar refractivity (Wildman–Crippen MR) is 206 cm³/mol. The number of ketones is 1. The smallest absolute Gasteiger partial charge is 0.319 e. The van der Waals surface area contributed by atoms with Crippen LogP contribution in [0.5, 0.6) is 0 Å². The first-order valence-corrected chi connectivity index (χ1v) is 17.6. The van der Waals surface area contributed by atoms with E-state index in [1.165, 1.54) is 14.2 Å². The fourth-order valence-electron chi connectivity index (χ4n) is 6.30. The first kappa shape index (κ1) is 40.2. The Balaban J connectivity index is 1.30. The van der Waals surface area contributed by atoms with Gasteiger partial charge in [0.25, 0.3) is 0 Å². The summed E-state index contributed by atoms with van der Waals surface area (Å²) in [6.45, 7) is 6.84. The van der Waals surface area contributed by atoms with Crippen molar-refractivity contribution in [1.29, 1.82) is 0 Å². The lowest BCUT2D eigenvalue weighted by Crippen LogP contribution is -2.42. The van der Waals surface area contributed by atoms with Gasteiger partial charge in [0.2, 0.25) is 5.91 Å². The molecule has 0 spiro atoms. The highest BCUT2D eigenvalue weighted by atomic mass is 16.5. The normalized spacial score (nSPS) is 13.2. The van der Waals surface area contributed by atoms with Crippen molar-refractivity contribution in [2.75, 3.05) is 39.4 Å². The van der Waals surface area contributed by atoms with E-state index in [2.05, 4.69) is 34.1 Å². The molecule has 53 heavy (non-hydrogen) atoms. The van der Waals surface area contributed by atoms with Crippen molar-refractivity contribution in [1.82, 2.24) is 10.6 Å². The average Bonchev–Trinajstić information content (AvgIpc) is 3.16. The third-order valence-corrected chi connectivity index (χ3v) is 9.49. The molecule has 280 valence electrons. The number of allylic oxidation sites excluding steroid dienone is 1. The lowest BCUT2D eigenvalue weighted by atomic mass is 9.73. The van der Waals surface area contributed by atoms with Crippen molar-refractivity contribution in [2.45, 2.75) is 47.0 Å². The van der Waals surface area contributed by atoms with E-state index in [4.69, 9.17) is 14.2 Å². The minimum Gasteiger partial charge on any atom is -0.469 e. The number of anilines is 1. The lowest BCUT2D eigenvalue weighted by molar-refractivity contribution is -0.157. The van der Waals surface area contributed by atoms with E-state index >= 15 is 0 Å². The van der Waals surface area contributed by atoms with Crippen LogP contribution in [0.4, 0.5) is 10.5 Å². The number of amides is 3. The van der Waals surface area contributed by atoms with Crippen LogP contribution < -0.4 is 16.0 Å². The monoisotopic (exact) mass is 723 g/mol. The molecule has 11 heteroatoms. The van der Waals surface area contributed by atoms with E-state index in [0.29, 0.717) is 17.7 Å². The van der Waals surface area contributed by atoms with E-state index in [9.17, 15) is 24.0 Å². The first-order chi connectivity index (χ1) is 25.3. The van der Waals surface area contributed by atoms with Crippen LogP contribution in [0, 0.1) is 16.7 Å². The zero-order valence-corrected chi connectivity index (χ0v) is 31.2. The van der Waals surface area contributed by atoms with Crippen molar-refractivity contribution in [3.05, 3.63) is 96.1 Å². The van der Waals surface area contributed by atoms with Gasteiger partial charge in [-0.15, -0.1) is 0 Å². The highest BCUT2D eigenvalue weighted by Gasteiger charge is 2.42. The number of ether oxygens (including phenoxy) is 3. The molecule has 0 aliphatic heterocycles. The van der Waals surface area contributed by atoms with Gasteiger partial charge in [0, 0.05) is 24.3 Å². The van der Waals surface area contributed by atoms with Crippen LogP contribution >= 0.6 is 0 Å². The number of carbonyl (C=O) groups excluding carboxylic acids is 5. The second kappa shape index (κ2) is 18.3. The van der Waals surface area contributed by atoms with Gasteiger partial charge >= 0.3 is 18.0 Å². The summed E-state index contributed by atoms with van der Waals surface area (Å²) in [6.07, 6.45) is 4.07. The number of rotatable bonds is 17. The highest BCUT2D eigenvalue weighted by molar-refractivity contribution is 6.12. The molecule has 3 N–H and O–H groups in total. The topological polar surface area (TPSA) is 149 Å². The number of carbonyl (C=O) groups is 5. The molecule has 4 aromatic carbocycles. The molecule has 2 unspecified atom stereocenters. The van der Waals surface area contributed by atoms with Crippen molar-refractivity contribution in [3.63, 3.8) is 0 Å². The van der Waals surface area contributed by atoms with Crippen LogP contribution in [0.3, 0.4) is 0 Å². The van der Waals surface area contributed by atoms with Crippen LogP contribution in [0.25, 0.3) is 27.6 Å². The molecule has 0 radical (unpaired) electrons. The second-order valence-electron chi connectivity index (χ2n) is 13.9. The highest BCUT2D eigenvalue weighted by Crippen LogP contribution is 2.37. The summed E-state index contributed by atoms with van der Waals surface area (Å²) in [7, 11) is 2.74. The number of hydrogen-bond acceptors (Lipinski definition) is 8. The molecule has 0 saturated heterocycles. The third-order valence-electron chi connectivity index (χ3n) is 9.49. The SMILES string of the molecule is CCC(C)(CC(CC(C)(C)C(=O)OC)C(=O)NCOC)C(=O)OCCNC(=O)Nc1ccc(C(=O)/C=C/c2c3ccccc3cc3ccccc23)cc1. The zero-order chi connectivity index (χ0) is 38.6. The Labute approximate surface area is 310 Å². The Hall–Kier alpha value is -5.55. The van der Waals surface area contributed by atoms with Crippen LogP contribution in [-0.4, -0.2) is 63.8 Å². The Morgan fingerprint density at radius 2 is 1.42 bits per heavy atom. The van der Waals surface area contributed by atoms with Gasteiger partial charge in [0.15, 0.2) is 5.78 Å². The summed E-state index contributed by atoms with van der Waals surface area (Å²) in [5, 5.41) is 12.3. The molecule has 4 aromatic rings. The van der Waals surface area contributed by atoms with Gasteiger partial charge in [0.1, 0.15) is 13.3 Å². The van der Waals surface area contributed by atoms with E-state index in [0.717, 1.165) is 27.1 Å². The zero-order valence-electron chi connectivity index (χ0n) is 31.2. The molecular formula is C42H49N3O8. The van der Waals surface area contributed by atoms with Gasteiger partial charge in [-0.1, -0.05) is 55.5 Å². The third kappa shape index (κ3) is 10.5. The van der Waals surface area contributed by atoms with Gasteiger partial charge in [-0.3, -0.25) is 19.2 Å². The molecule has 0 aliphatic rings. The molecule has 3 amide bonds. The summed E-state index contributed by atoms with van der Waals surface area (Å²) >= 11 is 0. The average molecular weight is 724 g/mol. The minimum atomic E-state index is -1.04. The van der Waals surface area contributed by atoms with E-state index in [-0.39, 0.29) is 44.4 Å². The van der Waals surface area contributed by atoms with Crippen molar-refractivity contribution >= 4 is 63.0 Å². The first-order valence-electron chi connectivity index (χ1n) is 17.6. The largest absolute Gasteiger partial charge is 0.469 e. The molecule has 0 aliphatic carbocycles. The van der Waals surface area contributed by atoms with Gasteiger partial charge in [-0.25, -0.2) is 4.79 Å². The number of benzene rings is 4.